The molecule has 1 aliphatic rings. The highest BCUT2D eigenvalue weighted by Gasteiger charge is 2.34. The molecule has 0 fully saturated rings. The lowest BCUT2D eigenvalue weighted by atomic mass is 9.88. The molecule has 0 amide bonds. The number of β-amino-alcohol motifs (C(OH)–C–C–N with tert-alkyl or cyclic N) is 1. The van der Waals surface area contributed by atoms with Gasteiger partial charge in [0.25, 0.3) is 0 Å². The van der Waals surface area contributed by atoms with Crippen LogP contribution in [0.3, 0.4) is 0 Å². The maximum atomic E-state index is 14.0. The normalized spacial score (nSPS) is 15.1. The van der Waals surface area contributed by atoms with Gasteiger partial charge in [0, 0.05) is 31.8 Å². The molecule has 1 aliphatic carbocycles. The third-order valence-corrected chi connectivity index (χ3v) is 9.69. The number of hydrogen-bond acceptors (Lipinski definition) is 5. The van der Waals surface area contributed by atoms with Gasteiger partial charge < -0.3 is 15.5 Å². The molecule has 45 heavy (non-hydrogen) atoms. The number of rotatable bonds is 12. The van der Waals surface area contributed by atoms with Crippen LogP contribution >= 0.6 is 0 Å². The molecule has 0 radical (unpaired) electrons. The highest BCUT2D eigenvalue weighted by atomic mass is 32.2. The molecule has 0 saturated heterocycles. The molecule has 242 valence electrons. The van der Waals surface area contributed by atoms with Crippen LogP contribution in [0.5, 0.6) is 0 Å². The van der Waals surface area contributed by atoms with Crippen molar-refractivity contribution >= 4 is 22.1 Å². The van der Waals surface area contributed by atoms with E-state index in [1.54, 1.807) is 0 Å². The number of aliphatic hydroxyl groups is 1. The summed E-state index contributed by atoms with van der Waals surface area (Å²) in [6.07, 6.45) is -1.65. The highest BCUT2D eigenvalue weighted by molar-refractivity contribution is 7.89. The number of aliphatic carboxylic acids is 1. The minimum atomic E-state index is -4.92. The van der Waals surface area contributed by atoms with Gasteiger partial charge in [-0.2, -0.15) is 17.5 Å². The summed E-state index contributed by atoms with van der Waals surface area (Å²) in [5, 5.41) is 23.0. The van der Waals surface area contributed by atoms with Gasteiger partial charge in [-0.15, -0.1) is 0 Å². The van der Waals surface area contributed by atoms with Gasteiger partial charge in [0.15, 0.2) is 0 Å². The second-order valence-corrected chi connectivity index (χ2v) is 14.1. The SMILES string of the molecule is CN(CC(O)CNC(C)(C)CC1Cc2ccccc2C1)S(=O)(=O)c1cc(-c2ccc(F)cc2C=CC(=O)O)cc(C(F)(F)F)c1. The average Bonchev–Trinajstić information content (AvgIpc) is 3.36. The molecule has 4 rings (SSSR count). The minimum absolute atomic E-state index is 0.00377. The third kappa shape index (κ3) is 8.78. The topological polar surface area (TPSA) is 107 Å². The fourth-order valence-electron chi connectivity index (χ4n) is 5.78. The number of halogens is 4. The van der Waals surface area contributed by atoms with Crippen molar-refractivity contribution in [1.29, 1.82) is 0 Å². The number of aliphatic hydroxyl groups excluding tert-OH is 1. The van der Waals surface area contributed by atoms with Crippen LogP contribution in [0.2, 0.25) is 0 Å². The van der Waals surface area contributed by atoms with Crippen LogP contribution in [0, 0.1) is 11.7 Å². The smallest absolute Gasteiger partial charge is 0.416 e. The van der Waals surface area contributed by atoms with E-state index in [0.717, 1.165) is 61.0 Å². The number of likely N-dealkylation sites (N-methyl/N-ethyl adjacent to an activating group) is 1. The van der Waals surface area contributed by atoms with E-state index in [0.29, 0.717) is 24.1 Å². The van der Waals surface area contributed by atoms with Crippen LogP contribution < -0.4 is 5.32 Å². The molecule has 3 aromatic carbocycles. The van der Waals surface area contributed by atoms with Gasteiger partial charge in [0.2, 0.25) is 10.0 Å². The fourth-order valence-corrected chi connectivity index (χ4v) is 7.06. The Balaban J connectivity index is 1.51. The summed E-state index contributed by atoms with van der Waals surface area (Å²) in [6.45, 7) is 3.66. The molecule has 3 N–H and O–H groups in total. The van der Waals surface area contributed by atoms with E-state index in [-0.39, 0.29) is 28.8 Å². The lowest BCUT2D eigenvalue weighted by molar-refractivity contribution is -0.137. The Morgan fingerprint density at radius 1 is 1.07 bits per heavy atom. The fraction of sp³-hybridized carbons (Fsp3) is 0.364. The van der Waals surface area contributed by atoms with Crippen LogP contribution in [-0.4, -0.2) is 60.7 Å². The molecular formula is C33H36F4N2O5S. The number of fused-ring (bicyclic) bond motifs is 1. The maximum absolute atomic E-state index is 14.0. The molecule has 1 atom stereocenters. The van der Waals surface area contributed by atoms with E-state index < -0.39 is 51.1 Å². The van der Waals surface area contributed by atoms with E-state index in [9.17, 15) is 35.9 Å². The number of nitrogens with zero attached hydrogens (tertiary/aromatic N) is 1. The number of benzene rings is 3. The number of sulfonamides is 1. The van der Waals surface area contributed by atoms with E-state index in [1.807, 2.05) is 26.0 Å². The van der Waals surface area contributed by atoms with Crippen LogP contribution in [0.15, 0.2) is 71.6 Å². The van der Waals surface area contributed by atoms with Gasteiger partial charge >= 0.3 is 12.1 Å². The lowest BCUT2D eigenvalue weighted by Crippen LogP contribution is -2.47. The first-order valence-corrected chi connectivity index (χ1v) is 15.8. The quantitative estimate of drug-likeness (QED) is 0.170. The molecule has 0 saturated carbocycles. The Kier molecular flexibility index (Phi) is 10.2. The summed E-state index contributed by atoms with van der Waals surface area (Å²) < 4.78 is 83.5. The van der Waals surface area contributed by atoms with Crippen molar-refractivity contribution in [3.05, 3.63) is 94.8 Å². The minimum Gasteiger partial charge on any atom is -0.478 e. The first-order valence-electron chi connectivity index (χ1n) is 14.3. The molecule has 0 heterocycles. The van der Waals surface area contributed by atoms with Crippen molar-refractivity contribution < 1.29 is 41.0 Å². The number of alkyl halides is 3. The second-order valence-electron chi connectivity index (χ2n) is 12.1. The largest absolute Gasteiger partial charge is 0.478 e. The monoisotopic (exact) mass is 648 g/mol. The molecular weight excluding hydrogens is 612 g/mol. The first kappa shape index (κ1) is 34.3. The number of hydrogen-bond donors (Lipinski definition) is 3. The van der Waals surface area contributed by atoms with Crippen molar-refractivity contribution in [3.63, 3.8) is 0 Å². The van der Waals surface area contributed by atoms with Crippen LogP contribution in [0.1, 0.15) is 42.5 Å². The predicted octanol–water partition coefficient (Wildman–Crippen LogP) is 5.76. The van der Waals surface area contributed by atoms with Crippen molar-refractivity contribution in [2.24, 2.45) is 5.92 Å². The number of carboxylic acids is 1. The number of carboxylic acid groups (broad SMARTS) is 1. The maximum Gasteiger partial charge on any atom is 0.416 e. The Morgan fingerprint density at radius 3 is 2.31 bits per heavy atom. The Labute approximate surface area is 260 Å². The summed E-state index contributed by atoms with van der Waals surface area (Å²) in [4.78, 5) is 10.3. The Morgan fingerprint density at radius 2 is 1.71 bits per heavy atom. The molecule has 1 unspecified atom stereocenters. The van der Waals surface area contributed by atoms with E-state index in [2.05, 4.69) is 17.4 Å². The van der Waals surface area contributed by atoms with Gasteiger partial charge in [-0.1, -0.05) is 30.3 Å². The van der Waals surface area contributed by atoms with Crippen LogP contribution in [0.25, 0.3) is 17.2 Å². The third-order valence-electron chi connectivity index (χ3n) is 7.89. The molecule has 0 bridgehead atoms. The molecule has 7 nitrogen and oxygen atoms in total. The zero-order chi connectivity index (χ0) is 33.2. The first-order chi connectivity index (χ1) is 20.9. The standard InChI is InChI=1S/C33H36F4N2O5S/c1-32(2,18-21-12-22-6-4-5-7-23(22)13-21)38-19-28(40)20-39(3)45(43,44)29-16-25(14-26(17-29)33(35,36)37)30-10-9-27(34)15-24(30)8-11-31(41)42/h4-11,14-17,21,28,38,40H,12-13,18-20H2,1-3H3,(H,41,42). The average molecular weight is 649 g/mol. The molecule has 0 aliphatic heterocycles. The van der Waals surface area contributed by atoms with Crippen molar-refractivity contribution in [2.75, 3.05) is 20.1 Å². The number of nitrogens with one attached hydrogen (secondary N) is 1. The summed E-state index contributed by atoms with van der Waals surface area (Å²) in [7, 11) is -3.37. The van der Waals surface area contributed by atoms with Crippen molar-refractivity contribution in [2.45, 2.75) is 55.8 Å². The zero-order valence-corrected chi connectivity index (χ0v) is 25.9. The van der Waals surface area contributed by atoms with Gasteiger partial charge in [-0.05, 0) is 103 Å². The van der Waals surface area contributed by atoms with Crippen LogP contribution in [-0.2, 0) is 33.8 Å². The van der Waals surface area contributed by atoms with Crippen LogP contribution in [0.4, 0.5) is 17.6 Å². The lowest BCUT2D eigenvalue weighted by Gasteiger charge is -2.31. The Hall–Kier alpha value is -3.58. The van der Waals surface area contributed by atoms with Crippen molar-refractivity contribution in [3.8, 4) is 11.1 Å². The summed E-state index contributed by atoms with van der Waals surface area (Å²) in [5.41, 5.74) is 0.756. The summed E-state index contributed by atoms with van der Waals surface area (Å²) >= 11 is 0. The molecule has 3 aromatic rings. The second kappa shape index (κ2) is 13.4. The van der Waals surface area contributed by atoms with Gasteiger partial charge in [-0.25, -0.2) is 17.6 Å². The summed E-state index contributed by atoms with van der Waals surface area (Å²) in [5.74, 6) is -1.71. The van der Waals surface area contributed by atoms with Gasteiger partial charge in [0.05, 0.1) is 16.6 Å². The zero-order valence-electron chi connectivity index (χ0n) is 25.1. The van der Waals surface area contributed by atoms with Gasteiger partial charge in [-0.3, -0.25) is 0 Å². The summed E-state index contributed by atoms with van der Waals surface area (Å²) in [6, 6.07) is 13.6. The van der Waals surface area contributed by atoms with E-state index in [4.69, 9.17) is 5.11 Å². The molecule has 0 spiro atoms. The highest BCUT2D eigenvalue weighted by Crippen LogP contribution is 2.37. The van der Waals surface area contributed by atoms with E-state index in [1.165, 1.54) is 11.1 Å². The van der Waals surface area contributed by atoms with E-state index >= 15 is 0 Å². The molecule has 0 aromatic heterocycles. The van der Waals surface area contributed by atoms with Crippen molar-refractivity contribution in [1.82, 2.24) is 9.62 Å². The molecule has 12 heteroatoms. The predicted molar refractivity (Wildman–Crippen MR) is 163 cm³/mol. The Bertz CT molecular complexity index is 1660. The number of carbonyl (C=O) groups is 1. The van der Waals surface area contributed by atoms with Gasteiger partial charge in [0.1, 0.15) is 5.82 Å².